The number of methoxy groups -OCH3 is 4. The zero-order valence-corrected chi connectivity index (χ0v) is 31.6. The molecule has 7 N–H and O–H groups in total. The second-order valence-corrected chi connectivity index (χ2v) is 11.0. The van der Waals surface area contributed by atoms with Gasteiger partial charge in [0.1, 0.15) is 0 Å². The van der Waals surface area contributed by atoms with E-state index in [2.05, 4.69) is 24.3 Å². The van der Waals surface area contributed by atoms with Crippen molar-refractivity contribution in [2.24, 2.45) is 0 Å². The van der Waals surface area contributed by atoms with E-state index in [9.17, 15) is 44.2 Å². The van der Waals surface area contributed by atoms with E-state index in [-0.39, 0.29) is 42.2 Å². The lowest BCUT2D eigenvalue weighted by Crippen LogP contribution is -2.06. The van der Waals surface area contributed by atoms with Gasteiger partial charge in [-0.3, -0.25) is 20.2 Å². The Labute approximate surface area is 329 Å². The molecule has 0 radical (unpaired) electrons. The molecule has 0 fully saturated rings. The average Bonchev–Trinajstić information content (AvgIpc) is 3.24. The fraction of sp³-hybridized carbons (Fsp3) is 0.216. The second-order valence-electron chi connectivity index (χ2n) is 11.0. The van der Waals surface area contributed by atoms with E-state index < -0.39 is 45.4 Å². The molecular formula is C37H40N4O17. The summed E-state index contributed by atoms with van der Waals surface area (Å²) >= 11 is 0. The summed E-state index contributed by atoms with van der Waals surface area (Å²) in [5, 5.41) is 59.2. The van der Waals surface area contributed by atoms with Crippen molar-refractivity contribution in [1.82, 2.24) is 0 Å². The number of nitro groups is 2. The van der Waals surface area contributed by atoms with Crippen molar-refractivity contribution in [2.45, 2.75) is 19.8 Å². The van der Waals surface area contributed by atoms with Crippen molar-refractivity contribution < 1.29 is 73.2 Å². The Balaban J connectivity index is 0.000000388. The third-order valence-corrected chi connectivity index (χ3v) is 7.09. The highest BCUT2D eigenvalue weighted by atomic mass is 16.6. The maximum Gasteiger partial charge on any atom is 0.338 e. The van der Waals surface area contributed by atoms with Gasteiger partial charge in [-0.1, -0.05) is 0 Å². The standard InChI is InChI=1S/C10H13NO3.C9H7NO6.C9H9NO5.C9H11NO3/c1-11-9-4-7(6-12)3-8(5-9)10(13)14-2;1-16-9(13)6-2-5(8(11)12)3-7(4-6)10(14)15;1-15-9(12)7-2-6(5-11)3-8(4-7)10(13)14;1-13-9(12)7-2-6(5-11)3-8(10)4-7/h3-5,11-12H,6H2,1-2H3;2-4H,1H3,(H,11,12);2-4,11H,5H2,1H3;2-4,11H,5,10H2,1H3. The number of non-ortho nitro benzene ring substituents is 2. The van der Waals surface area contributed by atoms with Crippen molar-refractivity contribution in [1.29, 1.82) is 0 Å². The zero-order valence-electron chi connectivity index (χ0n) is 31.6. The number of aliphatic hydroxyl groups is 3. The minimum Gasteiger partial charge on any atom is -0.478 e. The molecule has 310 valence electrons. The third-order valence-electron chi connectivity index (χ3n) is 7.09. The van der Waals surface area contributed by atoms with Crippen LogP contribution >= 0.6 is 0 Å². The molecule has 0 amide bonds. The number of carboxylic acid groups (broad SMARTS) is 1. The molecule has 0 saturated heterocycles. The maximum absolute atomic E-state index is 11.2. The van der Waals surface area contributed by atoms with Crippen molar-refractivity contribution in [3.05, 3.63) is 138 Å². The van der Waals surface area contributed by atoms with Gasteiger partial charge in [0.2, 0.25) is 0 Å². The highest BCUT2D eigenvalue weighted by Crippen LogP contribution is 2.20. The van der Waals surface area contributed by atoms with Crippen LogP contribution in [0, 0.1) is 20.2 Å². The fourth-order valence-electron chi connectivity index (χ4n) is 4.39. The molecule has 21 nitrogen and oxygen atoms in total. The Morgan fingerprint density at radius 2 is 0.897 bits per heavy atom. The zero-order chi connectivity index (χ0) is 44.1. The van der Waals surface area contributed by atoms with Crippen LogP contribution in [-0.2, 0) is 38.8 Å². The SMILES string of the molecule is CNc1cc(CO)cc(C(=O)OC)c1.COC(=O)c1cc(C(=O)O)cc([N+](=O)[O-])c1.COC(=O)c1cc(CO)cc([N+](=O)[O-])c1.COC(=O)c1cc(N)cc(CO)c1. The van der Waals surface area contributed by atoms with Gasteiger partial charge in [0.05, 0.1) is 85.9 Å². The van der Waals surface area contributed by atoms with E-state index in [1.54, 1.807) is 37.4 Å². The lowest BCUT2D eigenvalue weighted by molar-refractivity contribution is -0.385. The third kappa shape index (κ3) is 15.3. The van der Waals surface area contributed by atoms with E-state index in [0.717, 1.165) is 37.1 Å². The summed E-state index contributed by atoms with van der Waals surface area (Å²) in [7, 11) is 6.65. The number of nitrogens with zero attached hydrogens (tertiary/aromatic N) is 2. The quantitative estimate of drug-likeness (QED) is 0.0415. The number of hydrogen-bond acceptors (Lipinski definition) is 18. The van der Waals surface area contributed by atoms with Crippen LogP contribution in [0.5, 0.6) is 0 Å². The van der Waals surface area contributed by atoms with Crippen molar-refractivity contribution >= 4 is 52.6 Å². The number of nitrogens with one attached hydrogen (secondary N) is 1. The van der Waals surface area contributed by atoms with E-state index >= 15 is 0 Å². The van der Waals surface area contributed by atoms with Gasteiger partial charge < -0.3 is 50.4 Å². The van der Waals surface area contributed by atoms with Gasteiger partial charge in [-0.25, -0.2) is 24.0 Å². The summed E-state index contributed by atoms with van der Waals surface area (Å²) in [6.07, 6.45) is 0. The van der Waals surface area contributed by atoms with Gasteiger partial charge >= 0.3 is 29.8 Å². The van der Waals surface area contributed by atoms with E-state index in [1.165, 1.54) is 39.5 Å². The Hall–Kier alpha value is -7.49. The molecule has 4 aromatic rings. The Kier molecular flexibility index (Phi) is 20.2. The van der Waals surface area contributed by atoms with Crippen LogP contribution < -0.4 is 11.1 Å². The summed E-state index contributed by atoms with van der Waals surface area (Å²) in [5.74, 6) is -3.72. The number of carbonyl (C=O) groups excluding carboxylic acids is 4. The van der Waals surface area contributed by atoms with Gasteiger partial charge in [-0.05, 0) is 65.2 Å². The van der Waals surface area contributed by atoms with Gasteiger partial charge in [0, 0.05) is 42.7 Å². The second kappa shape index (κ2) is 24.1. The summed E-state index contributed by atoms with van der Waals surface area (Å²) < 4.78 is 17.9. The largest absolute Gasteiger partial charge is 0.478 e. The number of carboxylic acids is 1. The molecule has 0 unspecified atom stereocenters. The number of aliphatic hydroxyl groups excluding tert-OH is 3. The van der Waals surface area contributed by atoms with Crippen LogP contribution in [0.15, 0.2) is 72.8 Å². The van der Waals surface area contributed by atoms with Gasteiger partial charge in [0.25, 0.3) is 11.4 Å². The predicted octanol–water partition coefficient (Wildman–Crippen LogP) is 3.51. The molecule has 0 aromatic heterocycles. The van der Waals surface area contributed by atoms with E-state index in [0.29, 0.717) is 33.5 Å². The number of esters is 4. The first kappa shape index (κ1) is 48.5. The van der Waals surface area contributed by atoms with Gasteiger partial charge in [-0.15, -0.1) is 0 Å². The van der Waals surface area contributed by atoms with Crippen LogP contribution in [0.2, 0.25) is 0 Å². The molecule has 0 aliphatic rings. The molecule has 0 saturated carbocycles. The number of benzene rings is 4. The average molecular weight is 813 g/mol. The van der Waals surface area contributed by atoms with Crippen LogP contribution in [0.4, 0.5) is 22.7 Å². The molecule has 4 rings (SSSR count). The van der Waals surface area contributed by atoms with Crippen LogP contribution in [0.25, 0.3) is 0 Å². The minimum atomic E-state index is -1.35. The molecular weight excluding hydrogens is 772 g/mol. The summed E-state index contributed by atoms with van der Waals surface area (Å²) in [5.41, 5.74) is 7.90. The Morgan fingerprint density at radius 1 is 0.552 bits per heavy atom. The van der Waals surface area contributed by atoms with Crippen molar-refractivity contribution in [3.63, 3.8) is 0 Å². The first-order valence-corrected chi connectivity index (χ1v) is 16.1. The van der Waals surface area contributed by atoms with Crippen molar-refractivity contribution in [3.8, 4) is 0 Å². The van der Waals surface area contributed by atoms with Crippen LogP contribution in [0.1, 0.15) is 68.5 Å². The van der Waals surface area contributed by atoms with Crippen LogP contribution in [0.3, 0.4) is 0 Å². The Morgan fingerprint density at radius 3 is 1.28 bits per heavy atom. The first-order valence-electron chi connectivity index (χ1n) is 16.1. The number of ether oxygens (including phenoxy) is 4. The maximum atomic E-state index is 11.2. The Bertz CT molecular complexity index is 2070. The van der Waals surface area contributed by atoms with Crippen LogP contribution in [-0.4, -0.2) is 95.6 Å². The topological polar surface area (TPSA) is 328 Å². The van der Waals surface area contributed by atoms with E-state index in [1.807, 2.05) is 0 Å². The molecule has 0 spiro atoms. The summed E-state index contributed by atoms with van der Waals surface area (Å²) in [6.45, 7) is -0.611. The lowest BCUT2D eigenvalue weighted by Gasteiger charge is -2.06. The molecule has 0 heterocycles. The highest BCUT2D eigenvalue weighted by Gasteiger charge is 2.18. The fourth-order valence-corrected chi connectivity index (χ4v) is 4.39. The molecule has 21 heteroatoms. The lowest BCUT2D eigenvalue weighted by atomic mass is 10.1. The summed E-state index contributed by atoms with van der Waals surface area (Å²) in [6, 6.07) is 16.2. The number of nitrogen functional groups attached to an aromatic ring is 1. The number of aromatic carboxylic acids is 1. The molecule has 0 bridgehead atoms. The van der Waals surface area contributed by atoms with Crippen molar-refractivity contribution in [2.75, 3.05) is 46.5 Å². The monoisotopic (exact) mass is 812 g/mol. The highest BCUT2D eigenvalue weighted by molar-refractivity contribution is 5.96. The number of nitrogens with two attached hydrogens (primary N) is 1. The normalized spacial score (nSPS) is 9.66. The number of carbonyl (C=O) groups is 5. The number of hydrogen-bond donors (Lipinski definition) is 6. The molecule has 0 aliphatic heterocycles. The number of nitro benzene ring substituents is 2. The minimum absolute atomic E-state index is 0.0516. The van der Waals surface area contributed by atoms with Gasteiger partial charge in [-0.2, -0.15) is 0 Å². The smallest absolute Gasteiger partial charge is 0.338 e. The molecule has 4 aromatic carbocycles. The number of anilines is 2. The molecule has 0 atom stereocenters. The molecule has 58 heavy (non-hydrogen) atoms. The van der Waals surface area contributed by atoms with E-state index in [4.69, 9.17) is 26.2 Å². The number of rotatable bonds is 11. The summed E-state index contributed by atoms with van der Waals surface area (Å²) in [4.78, 5) is 74.8. The molecule has 0 aliphatic carbocycles. The van der Waals surface area contributed by atoms with Gasteiger partial charge in [0.15, 0.2) is 0 Å². The predicted molar refractivity (Wildman–Crippen MR) is 203 cm³/mol. The first-order chi connectivity index (χ1) is 27.4.